The Kier molecular flexibility index (Phi) is 8.75. The maximum Gasteiger partial charge on any atom is 0.306 e. The molecule has 0 aliphatic heterocycles. The third-order valence-corrected chi connectivity index (χ3v) is 4.31. The molecule has 164 valence electrons. The summed E-state index contributed by atoms with van der Waals surface area (Å²) < 4.78 is 4.95. The fourth-order valence-corrected chi connectivity index (χ4v) is 2.73. The minimum atomic E-state index is -0.546. The molecule has 0 saturated carbocycles. The molecule has 3 N–H and O–H groups in total. The minimum absolute atomic E-state index is 0.0406. The van der Waals surface area contributed by atoms with Crippen molar-refractivity contribution in [3.8, 4) is 0 Å². The first-order valence-corrected chi connectivity index (χ1v) is 9.93. The second-order valence-corrected chi connectivity index (χ2v) is 7.19. The van der Waals surface area contributed by atoms with Gasteiger partial charge in [-0.2, -0.15) is 0 Å². The van der Waals surface area contributed by atoms with Gasteiger partial charge in [-0.15, -0.1) is 0 Å². The summed E-state index contributed by atoms with van der Waals surface area (Å²) in [5, 5.41) is 8.06. The molecule has 31 heavy (non-hydrogen) atoms. The van der Waals surface area contributed by atoms with E-state index in [1.54, 1.807) is 24.3 Å². The molecule has 0 heterocycles. The number of hydrogen-bond donors (Lipinski definition) is 3. The highest BCUT2D eigenvalue weighted by Gasteiger charge is 2.10. The Labute approximate surface area is 181 Å². The summed E-state index contributed by atoms with van der Waals surface area (Å²) in [5.41, 5.74) is 3.90. The van der Waals surface area contributed by atoms with Gasteiger partial charge in [-0.25, -0.2) is 0 Å². The molecular formula is C23H27N3O5. The second kappa shape index (κ2) is 11.5. The molecule has 2 rings (SSSR count). The van der Waals surface area contributed by atoms with Crippen LogP contribution in [0.25, 0.3) is 0 Å². The van der Waals surface area contributed by atoms with Crippen molar-refractivity contribution < 1.29 is 23.9 Å². The predicted molar refractivity (Wildman–Crippen MR) is 119 cm³/mol. The van der Waals surface area contributed by atoms with Gasteiger partial charge < -0.3 is 20.7 Å². The lowest BCUT2D eigenvalue weighted by Gasteiger charge is -2.09. The number of rotatable bonds is 9. The zero-order valence-corrected chi connectivity index (χ0v) is 17.9. The molecule has 0 aromatic heterocycles. The van der Waals surface area contributed by atoms with E-state index in [2.05, 4.69) is 16.0 Å². The van der Waals surface area contributed by atoms with Crippen LogP contribution >= 0.6 is 0 Å². The summed E-state index contributed by atoms with van der Waals surface area (Å²) in [6.45, 7) is 4.85. The fourth-order valence-electron chi connectivity index (χ4n) is 2.73. The van der Waals surface area contributed by atoms with Gasteiger partial charge in [0.05, 0.1) is 0 Å². The van der Waals surface area contributed by atoms with Gasteiger partial charge in [0.1, 0.15) is 0 Å². The van der Waals surface area contributed by atoms with Crippen molar-refractivity contribution in [3.63, 3.8) is 0 Å². The average Bonchev–Trinajstić information content (AvgIpc) is 2.70. The number of hydrogen-bond acceptors (Lipinski definition) is 5. The Morgan fingerprint density at radius 2 is 1.45 bits per heavy atom. The van der Waals surface area contributed by atoms with Crippen molar-refractivity contribution in [2.75, 3.05) is 22.6 Å². The van der Waals surface area contributed by atoms with Crippen molar-refractivity contribution in [2.45, 2.75) is 40.0 Å². The maximum atomic E-state index is 12.1. The lowest BCUT2D eigenvalue weighted by molar-refractivity contribution is -0.147. The van der Waals surface area contributed by atoms with E-state index in [0.717, 1.165) is 16.8 Å². The molecule has 0 bridgehead atoms. The van der Waals surface area contributed by atoms with E-state index in [1.165, 1.54) is 6.92 Å². The third kappa shape index (κ3) is 8.69. The zero-order chi connectivity index (χ0) is 22.8. The van der Waals surface area contributed by atoms with Crippen molar-refractivity contribution in [2.24, 2.45) is 0 Å². The molecule has 2 aromatic carbocycles. The molecule has 0 aliphatic rings. The third-order valence-electron chi connectivity index (χ3n) is 4.31. The number of anilines is 3. The first-order chi connectivity index (χ1) is 14.7. The van der Waals surface area contributed by atoms with Gasteiger partial charge in [-0.3, -0.25) is 19.2 Å². The van der Waals surface area contributed by atoms with Crippen LogP contribution in [0, 0.1) is 13.8 Å². The highest BCUT2D eigenvalue weighted by Crippen LogP contribution is 2.17. The van der Waals surface area contributed by atoms with E-state index in [0.29, 0.717) is 17.8 Å². The number of amides is 3. The number of benzene rings is 2. The van der Waals surface area contributed by atoms with E-state index in [9.17, 15) is 19.2 Å². The van der Waals surface area contributed by atoms with Crippen molar-refractivity contribution in [1.29, 1.82) is 0 Å². The zero-order valence-electron chi connectivity index (χ0n) is 17.9. The van der Waals surface area contributed by atoms with Crippen molar-refractivity contribution >= 4 is 40.8 Å². The van der Waals surface area contributed by atoms with Crippen LogP contribution in [0.5, 0.6) is 0 Å². The first-order valence-electron chi connectivity index (χ1n) is 9.93. The van der Waals surface area contributed by atoms with Gasteiger partial charge in [-0.1, -0.05) is 12.1 Å². The fraction of sp³-hybridized carbons (Fsp3) is 0.304. The Bertz CT molecular complexity index is 954. The largest absolute Gasteiger partial charge is 0.456 e. The van der Waals surface area contributed by atoms with Crippen LogP contribution < -0.4 is 16.0 Å². The van der Waals surface area contributed by atoms with E-state index in [1.807, 2.05) is 32.0 Å². The van der Waals surface area contributed by atoms with Crippen LogP contribution in [0.15, 0.2) is 42.5 Å². The van der Waals surface area contributed by atoms with Crippen LogP contribution in [0.2, 0.25) is 0 Å². The molecule has 8 heteroatoms. The van der Waals surface area contributed by atoms with Gasteiger partial charge in [0, 0.05) is 36.8 Å². The van der Waals surface area contributed by atoms with Gasteiger partial charge in [0.25, 0.3) is 5.91 Å². The highest BCUT2D eigenvalue weighted by atomic mass is 16.5. The molecule has 0 spiro atoms. The summed E-state index contributed by atoms with van der Waals surface area (Å²) in [6.07, 6.45) is 0.538. The quantitative estimate of drug-likeness (QED) is 0.532. The molecule has 0 atom stereocenters. The standard InChI is InChI=1S/C23H27N3O5/c1-15-7-8-16(2)20(13-15)26-21(28)5-4-6-23(30)31-14-22(29)25-19-11-9-18(10-12-19)24-17(3)27/h7-13H,4-6,14H2,1-3H3,(H,24,27)(H,25,29)(H,26,28). The van der Waals surface area contributed by atoms with E-state index < -0.39 is 18.5 Å². The van der Waals surface area contributed by atoms with Gasteiger partial charge in [0.2, 0.25) is 11.8 Å². The average molecular weight is 425 g/mol. The second-order valence-electron chi connectivity index (χ2n) is 7.19. The van der Waals surface area contributed by atoms with Crippen molar-refractivity contribution in [1.82, 2.24) is 0 Å². The summed E-state index contributed by atoms with van der Waals surface area (Å²) in [7, 11) is 0. The van der Waals surface area contributed by atoms with Gasteiger partial charge >= 0.3 is 5.97 Å². The summed E-state index contributed by atoms with van der Waals surface area (Å²) >= 11 is 0. The monoisotopic (exact) mass is 425 g/mol. The summed E-state index contributed by atoms with van der Waals surface area (Å²) in [4.78, 5) is 46.8. The Hall–Kier alpha value is -3.68. The number of ether oxygens (including phenoxy) is 1. The predicted octanol–water partition coefficient (Wildman–Crippen LogP) is 3.55. The topological polar surface area (TPSA) is 114 Å². The van der Waals surface area contributed by atoms with E-state index in [4.69, 9.17) is 4.74 Å². The van der Waals surface area contributed by atoms with E-state index >= 15 is 0 Å². The lowest BCUT2D eigenvalue weighted by atomic mass is 10.1. The Morgan fingerprint density at radius 1 is 0.806 bits per heavy atom. The van der Waals surface area contributed by atoms with Crippen LogP contribution in [0.3, 0.4) is 0 Å². The van der Waals surface area contributed by atoms with Crippen LogP contribution in [0.4, 0.5) is 17.1 Å². The summed E-state index contributed by atoms with van der Waals surface area (Å²) in [5.74, 6) is -1.39. The van der Waals surface area contributed by atoms with Gasteiger partial charge in [-0.05, 0) is 61.7 Å². The molecule has 2 aromatic rings. The van der Waals surface area contributed by atoms with E-state index in [-0.39, 0.29) is 24.7 Å². The van der Waals surface area contributed by atoms with Crippen LogP contribution in [0.1, 0.15) is 37.3 Å². The summed E-state index contributed by atoms with van der Waals surface area (Å²) in [6, 6.07) is 12.3. The molecular weight excluding hydrogens is 398 g/mol. The normalized spacial score (nSPS) is 10.2. The maximum absolute atomic E-state index is 12.1. The smallest absolute Gasteiger partial charge is 0.306 e. The molecule has 0 aliphatic carbocycles. The SMILES string of the molecule is CC(=O)Nc1ccc(NC(=O)COC(=O)CCCC(=O)Nc2cc(C)ccc2C)cc1. The molecule has 0 unspecified atom stereocenters. The Balaban J connectivity index is 1.66. The number of carbonyl (C=O) groups is 4. The highest BCUT2D eigenvalue weighted by molar-refractivity contribution is 5.94. The number of carbonyl (C=O) groups excluding carboxylic acids is 4. The first kappa shape index (κ1) is 23.6. The molecule has 0 saturated heterocycles. The molecule has 8 nitrogen and oxygen atoms in total. The number of aryl methyl sites for hydroxylation is 2. The number of nitrogens with one attached hydrogen (secondary N) is 3. The number of esters is 1. The minimum Gasteiger partial charge on any atom is -0.456 e. The van der Waals surface area contributed by atoms with Crippen LogP contribution in [-0.2, 0) is 23.9 Å². The van der Waals surface area contributed by atoms with Crippen LogP contribution in [-0.4, -0.2) is 30.3 Å². The molecule has 0 radical (unpaired) electrons. The lowest BCUT2D eigenvalue weighted by Crippen LogP contribution is -2.21. The van der Waals surface area contributed by atoms with Crippen molar-refractivity contribution in [3.05, 3.63) is 53.6 Å². The molecule has 3 amide bonds. The Morgan fingerprint density at radius 3 is 2.10 bits per heavy atom. The van der Waals surface area contributed by atoms with Gasteiger partial charge in [0.15, 0.2) is 6.61 Å². The molecule has 0 fully saturated rings.